The van der Waals surface area contributed by atoms with Crippen molar-refractivity contribution in [3.63, 3.8) is 0 Å². The first-order valence-corrected chi connectivity index (χ1v) is 9.12. The van der Waals surface area contributed by atoms with Gasteiger partial charge in [0, 0.05) is 5.56 Å². The molecular formula is C20H24N2O3S. The Bertz CT molecular complexity index is 749. The molecule has 0 unspecified atom stereocenters. The fourth-order valence-corrected chi connectivity index (χ4v) is 2.45. The van der Waals surface area contributed by atoms with Gasteiger partial charge in [0.25, 0.3) is 5.91 Å². The molecule has 5 nitrogen and oxygen atoms in total. The van der Waals surface area contributed by atoms with Gasteiger partial charge < -0.3 is 14.8 Å². The first-order valence-electron chi connectivity index (χ1n) is 8.71. The maximum atomic E-state index is 12.4. The molecule has 1 amide bonds. The smallest absolute Gasteiger partial charge is 0.257 e. The van der Waals surface area contributed by atoms with Gasteiger partial charge in [-0.2, -0.15) is 0 Å². The van der Waals surface area contributed by atoms with Crippen molar-refractivity contribution in [1.82, 2.24) is 5.32 Å². The summed E-state index contributed by atoms with van der Waals surface area (Å²) in [6.45, 7) is 5.18. The Morgan fingerprint density at radius 2 is 1.88 bits per heavy atom. The largest absolute Gasteiger partial charge is 0.494 e. The number of unbranched alkanes of at least 4 members (excludes halogenated alkanes) is 1. The highest BCUT2D eigenvalue weighted by atomic mass is 32.1. The van der Waals surface area contributed by atoms with Crippen LogP contribution in [-0.4, -0.2) is 24.2 Å². The Hall–Kier alpha value is -2.60. The van der Waals surface area contributed by atoms with E-state index in [0.717, 1.165) is 18.5 Å². The standard InChI is InChI=1S/C20H24N2O3S/c1-3-5-13-25-18-12-7-6-11-17(18)21-20(26)22-19(23)15-9-8-10-16(14-15)24-4-2/h6-12,14H,3-5,13H2,1-2H3,(H2,21,22,23,26). The minimum Gasteiger partial charge on any atom is -0.494 e. The van der Waals surface area contributed by atoms with Crippen LogP contribution >= 0.6 is 12.2 Å². The van der Waals surface area contributed by atoms with Crippen molar-refractivity contribution in [1.29, 1.82) is 0 Å². The van der Waals surface area contributed by atoms with Crippen LogP contribution in [0, 0.1) is 0 Å². The molecule has 0 spiro atoms. The fourth-order valence-electron chi connectivity index (χ4n) is 2.24. The van der Waals surface area contributed by atoms with Gasteiger partial charge in [0.15, 0.2) is 5.11 Å². The van der Waals surface area contributed by atoms with Crippen molar-refractivity contribution in [3.8, 4) is 11.5 Å². The van der Waals surface area contributed by atoms with Gasteiger partial charge in [-0.15, -0.1) is 0 Å². The molecular weight excluding hydrogens is 348 g/mol. The Morgan fingerprint density at radius 1 is 1.08 bits per heavy atom. The maximum Gasteiger partial charge on any atom is 0.257 e. The number of ether oxygens (including phenoxy) is 2. The second-order valence-corrected chi connectivity index (χ2v) is 5.98. The van der Waals surface area contributed by atoms with Crippen molar-refractivity contribution < 1.29 is 14.3 Å². The van der Waals surface area contributed by atoms with Gasteiger partial charge in [-0.3, -0.25) is 10.1 Å². The maximum absolute atomic E-state index is 12.4. The highest BCUT2D eigenvalue weighted by Gasteiger charge is 2.11. The summed E-state index contributed by atoms with van der Waals surface area (Å²) in [6, 6.07) is 14.5. The minimum absolute atomic E-state index is 0.211. The number of thiocarbonyl (C=S) groups is 1. The molecule has 0 fully saturated rings. The summed E-state index contributed by atoms with van der Waals surface area (Å²) in [5.41, 5.74) is 1.20. The van der Waals surface area contributed by atoms with Crippen LogP contribution in [0.3, 0.4) is 0 Å². The predicted octanol–water partition coefficient (Wildman–Crippen LogP) is 4.39. The van der Waals surface area contributed by atoms with E-state index >= 15 is 0 Å². The molecule has 26 heavy (non-hydrogen) atoms. The molecule has 2 aromatic carbocycles. The molecule has 0 aromatic heterocycles. The van der Waals surface area contributed by atoms with E-state index in [1.165, 1.54) is 0 Å². The van der Waals surface area contributed by atoms with Crippen LogP contribution in [0.4, 0.5) is 5.69 Å². The van der Waals surface area contributed by atoms with Gasteiger partial charge in [0.05, 0.1) is 18.9 Å². The van der Waals surface area contributed by atoms with Gasteiger partial charge in [-0.05, 0) is 55.9 Å². The van der Waals surface area contributed by atoms with Crippen LogP contribution < -0.4 is 20.1 Å². The van der Waals surface area contributed by atoms with Crippen LogP contribution in [0.25, 0.3) is 0 Å². The zero-order valence-electron chi connectivity index (χ0n) is 15.1. The van der Waals surface area contributed by atoms with Gasteiger partial charge >= 0.3 is 0 Å². The summed E-state index contributed by atoms with van der Waals surface area (Å²) in [7, 11) is 0. The SMILES string of the molecule is CCCCOc1ccccc1NC(=S)NC(=O)c1cccc(OCC)c1. The lowest BCUT2D eigenvalue weighted by Crippen LogP contribution is -2.34. The number of amides is 1. The third kappa shape index (κ3) is 6.04. The first-order chi connectivity index (χ1) is 12.6. The van der Waals surface area contributed by atoms with Crippen molar-refractivity contribution in [2.45, 2.75) is 26.7 Å². The van der Waals surface area contributed by atoms with E-state index in [9.17, 15) is 4.79 Å². The second-order valence-electron chi connectivity index (χ2n) is 5.57. The molecule has 0 atom stereocenters. The molecule has 6 heteroatoms. The van der Waals surface area contributed by atoms with Crippen LogP contribution in [0.15, 0.2) is 48.5 Å². The van der Waals surface area contributed by atoms with Crippen LogP contribution in [0.2, 0.25) is 0 Å². The molecule has 0 aliphatic heterocycles. The molecule has 0 radical (unpaired) electrons. The van der Waals surface area contributed by atoms with Crippen LogP contribution in [-0.2, 0) is 0 Å². The van der Waals surface area contributed by atoms with Crippen molar-refractivity contribution in [2.24, 2.45) is 0 Å². The normalized spacial score (nSPS) is 10.1. The summed E-state index contributed by atoms with van der Waals surface area (Å²) in [6.07, 6.45) is 2.04. The molecule has 0 bridgehead atoms. The summed E-state index contributed by atoms with van der Waals surface area (Å²) >= 11 is 5.26. The molecule has 2 aromatic rings. The second kappa shape index (κ2) is 10.4. The first kappa shape index (κ1) is 19.7. The average Bonchev–Trinajstić information content (AvgIpc) is 2.64. The lowest BCUT2D eigenvalue weighted by molar-refractivity contribution is 0.0977. The van der Waals surface area contributed by atoms with E-state index in [1.54, 1.807) is 24.3 Å². The number of nitrogens with one attached hydrogen (secondary N) is 2. The summed E-state index contributed by atoms with van der Waals surface area (Å²) in [4.78, 5) is 12.4. The topological polar surface area (TPSA) is 59.6 Å². The Morgan fingerprint density at radius 3 is 2.65 bits per heavy atom. The predicted molar refractivity (Wildman–Crippen MR) is 108 cm³/mol. The number of para-hydroxylation sites is 2. The highest BCUT2D eigenvalue weighted by Crippen LogP contribution is 2.24. The van der Waals surface area contributed by atoms with E-state index in [2.05, 4.69) is 17.6 Å². The van der Waals surface area contributed by atoms with Crippen molar-refractivity contribution in [3.05, 3.63) is 54.1 Å². The number of carbonyl (C=O) groups is 1. The molecule has 0 heterocycles. The number of carbonyl (C=O) groups excluding carboxylic acids is 1. The third-order valence-corrected chi connectivity index (χ3v) is 3.73. The summed E-state index contributed by atoms with van der Waals surface area (Å²) in [5.74, 6) is 1.05. The molecule has 0 aliphatic rings. The van der Waals surface area contributed by atoms with Crippen molar-refractivity contribution in [2.75, 3.05) is 18.5 Å². The van der Waals surface area contributed by atoms with E-state index in [4.69, 9.17) is 21.7 Å². The fraction of sp³-hybridized carbons (Fsp3) is 0.300. The third-order valence-electron chi connectivity index (χ3n) is 3.53. The quantitative estimate of drug-likeness (QED) is 0.532. The number of anilines is 1. The van der Waals surface area contributed by atoms with Gasteiger partial charge in [0.2, 0.25) is 0 Å². The zero-order valence-corrected chi connectivity index (χ0v) is 15.9. The summed E-state index contributed by atoms with van der Waals surface area (Å²) < 4.78 is 11.2. The average molecular weight is 372 g/mol. The molecule has 138 valence electrons. The lowest BCUT2D eigenvalue weighted by atomic mass is 10.2. The van der Waals surface area contributed by atoms with Crippen LogP contribution in [0.1, 0.15) is 37.0 Å². The van der Waals surface area contributed by atoms with Gasteiger partial charge in [0.1, 0.15) is 11.5 Å². The van der Waals surface area contributed by atoms with E-state index in [0.29, 0.717) is 30.3 Å². The molecule has 2 rings (SSSR count). The number of rotatable bonds is 8. The Labute approximate surface area is 159 Å². The molecule has 2 N–H and O–H groups in total. The molecule has 0 aliphatic carbocycles. The zero-order chi connectivity index (χ0) is 18.8. The minimum atomic E-state index is -0.298. The van der Waals surface area contributed by atoms with E-state index < -0.39 is 0 Å². The number of hydrogen-bond acceptors (Lipinski definition) is 4. The Balaban J connectivity index is 1.98. The van der Waals surface area contributed by atoms with E-state index in [-0.39, 0.29) is 11.0 Å². The van der Waals surface area contributed by atoms with Crippen molar-refractivity contribution >= 4 is 28.9 Å². The Kier molecular flexibility index (Phi) is 7.89. The lowest BCUT2D eigenvalue weighted by Gasteiger charge is -2.14. The van der Waals surface area contributed by atoms with Crippen LogP contribution in [0.5, 0.6) is 11.5 Å². The van der Waals surface area contributed by atoms with E-state index in [1.807, 2.05) is 31.2 Å². The molecule has 0 saturated carbocycles. The monoisotopic (exact) mass is 372 g/mol. The van der Waals surface area contributed by atoms with Gasteiger partial charge in [-0.1, -0.05) is 31.5 Å². The number of benzene rings is 2. The highest BCUT2D eigenvalue weighted by molar-refractivity contribution is 7.80. The van der Waals surface area contributed by atoms with Gasteiger partial charge in [-0.25, -0.2) is 0 Å². The molecule has 0 saturated heterocycles. The summed E-state index contributed by atoms with van der Waals surface area (Å²) in [5, 5.41) is 5.91. The number of hydrogen-bond donors (Lipinski definition) is 2.